The van der Waals surface area contributed by atoms with Gasteiger partial charge in [-0.2, -0.15) is 0 Å². The molecule has 0 saturated heterocycles. The van der Waals surface area contributed by atoms with Crippen molar-refractivity contribution in [3.05, 3.63) is 30.0 Å². The first-order valence-electron chi connectivity index (χ1n) is 6.90. The van der Waals surface area contributed by atoms with Crippen molar-refractivity contribution in [3.8, 4) is 5.75 Å². The smallest absolute Gasteiger partial charge is 0.320 e. The number of fused-ring (bicyclic) bond motifs is 1. The molecule has 1 N–H and O–H groups in total. The van der Waals surface area contributed by atoms with Gasteiger partial charge in [-0.1, -0.05) is 0 Å². The number of aromatic nitrogens is 1. The number of nitrogens with one attached hydrogen (secondary N) is 1. The van der Waals surface area contributed by atoms with Crippen LogP contribution >= 0.6 is 0 Å². The average molecular weight is 305 g/mol. The third kappa shape index (κ3) is 3.21. The van der Waals surface area contributed by atoms with Gasteiger partial charge >= 0.3 is 11.9 Å². The van der Waals surface area contributed by atoms with Crippen LogP contribution in [0.15, 0.2) is 24.4 Å². The first kappa shape index (κ1) is 15.9. The second-order valence-electron chi connectivity index (χ2n) is 4.86. The quantitative estimate of drug-likeness (QED) is 0.653. The second-order valence-corrected chi connectivity index (χ2v) is 4.86. The zero-order valence-electron chi connectivity index (χ0n) is 12.8. The zero-order chi connectivity index (χ0) is 16.1. The van der Waals surface area contributed by atoms with E-state index in [1.807, 2.05) is 24.4 Å². The standard InChI is InChI=1S/C16H19NO5/c1-20-11-5-7-14-13(8-11)10(9-17-14)4-6-12(15(18)21-2)16(19)22-3/h5,7-9,12,17H,4,6H2,1-3H3. The van der Waals surface area contributed by atoms with Gasteiger partial charge in [0, 0.05) is 17.1 Å². The Morgan fingerprint density at radius 3 is 2.41 bits per heavy atom. The molecule has 1 heterocycles. The van der Waals surface area contributed by atoms with Crippen LogP contribution in [0.25, 0.3) is 10.9 Å². The molecular weight excluding hydrogens is 286 g/mol. The first-order chi connectivity index (χ1) is 10.6. The van der Waals surface area contributed by atoms with Crippen molar-refractivity contribution < 1.29 is 23.8 Å². The van der Waals surface area contributed by atoms with Gasteiger partial charge in [-0.3, -0.25) is 9.59 Å². The molecule has 1 aromatic heterocycles. The summed E-state index contributed by atoms with van der Waals surface area (Å²) in [5, 5.41) is 1.01. The number of aryl methyl sites for hydroxylation is 1. The fourth-order valence-corrected chi connectivity index (χ4v) is 2.41. The van der Waals surface area contributed by atoms with E-state index < -0.39 is 17.9 Å². The normalized spacial score (nSPS) is 10.7. The van der Waals surface area contributed by atoms with Gasteiger partial charge in [0.2, 0.25) is 0 Å². The summed E-state index contributed by atoms with van der Waals surface area (Å²) in [4.78, 5) is 26.5. The molecule has 22 heavy (non-hydrogen) atoms. The highest BCUT2D eigenvalue weighted by atomic mass is 16.5. The van der Waals surface area contributed by atoms with Crippen LogP contribution in [0.2, 0.25) is 0 Å². The third-order valence-corrected chi connectivity index (χ3v) is 3.65. The van der Waals surface area contributed by atoms with Crippen molar-refractivity contribution in [2.45, 2.75) is 12.8 Å². The van der Waals surface area contributed by atoms with Crippen LogP contribution in [0.4, 0.5) is 0 Å². The SMILES string of the molecule is COC(=O)C(CCc1c[nH]c2ccc(OC)cc12)C(=O)OC. The molecule has 0 aliphatic heterocycles. The molecule has 6 nitrogen and oxygen atoms in total. The number of carbonyl (C=O) groups is 2. The number of benzene rings is 1. The summed E-state index contributed by atoms with van der Waals surface area (Å²) in [7, 11) is 4.13. The Morgan fingerprint density at radius 2 is 1.82 bits per heavy atom. The number of carbonyl (C=O) groups excluding carboxylic acids is 2. The number of rotatable bonds is 6. The van der Waals surface area contributed by atoms with E-state index in [9.17, 15) is 9.59 Å². The third-order valence-electron chi connectivity index (χ3n) is 3.65. The summed E-state index contributed by atoms with van der Waals surface area (Å²) < 4.78 is 14.5. The summed E-state index contributed by atoms with van der Waals surface area (Å²) in [5.41, 5.74) is 1.98. The van der Waals surface area contributed by atoms with Crippen LogP contribution < -0.4 is 4.74 Å². The predicted molar refractivity (Wildman–Crippen MR) is 80.7 cm³/mol. The van der Waals surface area contributed by atoms with Crippen molar-refractivity contribution in [2.75, 3.05) is 21.3 Å². The highest BCUT2D eigenvalue weighted by Crippen LogP contribution is 2.25. The van der Waals surface area contributed by atoms with E-state index in [1.165, 1.54) is 14.2 Å². The Kier molecular flexibility index (Phi) is 5.04. The summed E-state index contributed by atoms with van der Waals surface area (Å²) in [5.74, 6) is -1.31. The molecule has 0 amide bonds. The van der Waals surface area contributed by atoms with Gasteiger partial charge in [-0.25, -0.2) is 0 Å². The zero-order valence-corrected chi connectivity index (χ0v) is 12.8. The van der Waals surface area contributed by atoms with Crippen molar-refractivity contribution in [1.82, 2.24) is 4.98 Å². The lowest BCUT2D eigenvalue weighted by molar-refractivity contribution is -0.159. The molecule has 0 bridgehead atoms. The first-order valence-corrected chi connectivity index (χ1v) is 6.90. The molecule has 1 aromatic carbocycles. The van der Waals surface area contributed by atoms with Crippen LogP contribution in [0.5, 0.6) is 5.75 Å². The Bertz CT molecular complexity index is 660. The lowest BCUT2D eigenvalue weighted by Crippen LogP contribution is -2.27. The van der Waals surface area contributed by atoms with Gasteiger partial charge in [0.25, 0.3) is 0 Å². The monoisotopic (exact) mass is 305 g/mol. The number of hydrogen-bond donors (Lipinski definition) is 1. The summed E-state index contributed by atoms with van der Waals surface area (Å²) >= 11 is 0. The van der Waals surface area contributed by atoms with Crippen molar-refractivity contribution in [2.24, 2.45) is 5.92 Å². The summed E-state index contributed by atoms with van der Waals surface area (Å²) in [6, 6.07) is 5.72. The second kappa shape index (κ2) is 6.98. The molecule has 0 saturated carbocycles. The van der Waals surface area contributed by atoms with Gasteiger partial charge in [-0.15, -0.1) is 0 Å². The van der Waals surface area contributed by atoms with E-state index in [4.69, 9.17) is 4.74 Å². The molecule has 118 valence electrons. The van der Waals surface area contributed by atoms with Crippen LogP contribution in [0.3, 0.4) is 0 Å². The van der Waals surface area contributed by atoms with E-state index in [1.54, 1.807) is 7.11 Å². The Morgan fingerprint density at radius 1 is 1.14 bits per heavy atom. The van der Waals surface area contributed by atoms with Crippen molar-refractivity contribution >= 4 is 22.8 Å². The minimum atomic E-state index is -0.912. The van der Waals surface area contributed by atoms with E-state index in [-0.39, 0.29) is 0 Å². The molecule has 0 fully saturated rings. The fourth-order valence-electron chi connectivity index (χ4n) is 2.41. The fraction of sp³-hybridized carbons (Fsp3) is 0.375. The predicted octanol–water partition coefficient (Wildman–Crippen LogP) is 2.07. The van der Waals surface area contributed by atoms with Crippen LogP contribution in [0, 0.1) is 5.92 Å². The molecule has 2 rings (SSSR count). The highest BCUT2D eigenvalue weighted by molar-refractivity contribution is 5.95. The number of esters is 2. The Balaban J connectivity index is 2.19. The van der Waals surface area contributed by atoms with E-state index in [0.717, 1.165) is 22.2 Å². The number of H-pyrrole nitrogens is 1. The topological polar surface area (TPSA) is 77.6 Å². The van der Waals surface area contributed by atoms with E-state index in [2.05, 4.69) is 14.5 Å². The summed E-state index contributed by atoms with van der Waals surface area (Å²) in [6.45, 7) is 0. The lowest BCUT2D eigenvalue weighted by atomic mass is 9.99. The number of methoxy groups -OCH3 is 3. The number of hydrogen-bond acceptors (Lipinski definition) is 5. The highest BCUT2D eigenvalue weighted by Gasteiger charge is 2.28. The maximum absolute atomic E-state index is 11.7. The van der Waals surface area contributed by atoms with Gasteiger partial charge in [0.05, 0.1) is 21.3 Å². The minimum Gasteiger partial charge on any atom is -0.497 e. The molecular formula is C16H19NO5. The Hall–Kier alpha value is -2.50. The molecule has 2 aromatic rings. The van der Waals surface area contributed by atoms with Gasteiger partial charge in [0.1, 0.15) is 5.75 Å². The molecule has 6 heteroatoms. The molecule has 0 aliphatic carbocycles. The maximum atomic E-state index is 11.7. The minimum absolute atomic E-state index is 0.323. The van der Waals surface area contributed by atoms with Crippen LogP contribution in [0.1, 0.15) is 12.0 Å². The van der Waals surface area contributed by atoms with Crippen LogP contribution in [-0.4, -0.2) is 38.3 Å². The van der Waals surface area contributed by atoms with Crippen molar-refractivity contribution in [1.29, 1.82) is 0 Å². The number of ether oxygens (including phenoxy) is 3. The maximum Gasteiger partial charge on any atom is 0.320 e. The molecule has 0 atom stereocenters. The van der Waals surface area contributed by atoms with Crippen LogP contribution in [-0.2, 0) is 25.5 Å². The molecule has 0 spiro atoms. The molecule has 0 aliphatic rings. The average Bonchev–Trinajstić information content (AvgIpc) is 2.96. The summed E-state index contributed by atoms with van der Waals surface area (Å²) in [6.07, 6.45) is 2.74. The largest absolute Gasteiger partial charge is 0.497 e. The number of aromatic amines is 1. The molecule has 0 unspecified atom stereocenters. The van der Waals surface area contributed by atoms with Gasteiger partial charge in [-0.05, 0) is 36.6 Å². The molecule has 0 radical (unpaired) electrons. The van der Waals surface area contributed by atoms with Gasteiger partial charge < -0.3 is 19.2 Å². The van der Waals surface area contributed by atoms with E-state index in [0.29, 0.717) is 12.8 Å². The van der Waals surface area contributed by atoms with Gasteiger partial charge in [0.15, 0.2) is 5.92 Å². The van der Waals surface area contributed by atoms with E-state index >= 15 is 0 Å². The Labute approximate surface area is 128 Å². The van der Waals surface area contributed by atoms with Crippen molar-refractivity contribution in [3.63, 3.8) is 0 Å². The lowest BCUT2D eigenvalue weighted by Gasteiger charge is -2.11.